The molecule has 3 heterocycles. The van der Waals surface area contributed by atoms with E-state index in [0.29, 0.717) is 23.7 Å². The number of rotatable bonds is 10. The van der Waals surface area contributed by atoms with Gasteiger partial charge >= 0.3 is 5.97 Å². The molecule has 10 heteroatoms. The molecule has 1 aliphatic carbocycles. The van der Waals surface area contributed by atoms with Gasteiger partial charge in [0.25, 0.3) is 5.91 Å². The molecule has 0 bridgehead atoms. The number of ether oxygens (including phenoxy) is 3. The Morgan fingerprint density at radius 3 is 2.34 bits per heavy atom. The van der Waals surface area contributed by atoms with Crippen molar-refractivity contribution in [2.75, 3.05) is 6.61 Å². The van der Waals surface area contributed by atoms with Crippen molar-refractivity contribution in [1.82, 2.24) is 15.2 Å². The number of carbonyl (C=O) groups excluding carboxylic acids is 2. The quantitative estimate of drug-likeness (QED) is 0.145. The number of amides is 2. The van der Waals surface area contributed by atoms with Crippen LogP contribution in [0, 0.1) is 19.8 Å². The van der Waals surface area contributed by atoms with Crippen molar-refractivity contribution in [3.8, 4) is 28.4 Å². The van der Waals surface area contributed by atoms with Gasteiger partial charge in [0.1, 0.15) is 24.4 Å². The Kier molecular flexibility index (Phi) is 11.2. The molecule has 3 aliphatic rings. The number of carboxylic acids is 1. The summed E-state index contributed by atoms with van der Waals surface area (Å²) in [5, 5.41) is 13.1. The molecule has 58 heavy (non-hydrogen) atoms. The Morgan fingerprint density at radius 1 is 0.897 bits per heavy atom. The number of hydrogen-bond acceptors (Lipinski definition) is 7. The average molecular weight is 780 g/mol. The lowest BCUT2D eigenvalue weighted by molar-refractivity contribution is -0.142. The number of fused-ring (bicyclic) bond motifs is 2. The highest BCUT2D eigenvalue weighted by Gasteiger charge is 2.38. The minimum atomic E-state index is -1.22. The molecule has 1 saturated carbocycles. The highest BCUT2D eigenvalue weighted by atomic mass is 16.6. The molecular formula is C48H49N3O7. The van der Waals surface area contributed by atoms with Crippen molar-refractivity contribution in [1.29, 1.82) is 0 Å². The lowest BCUT2D eigenvalue weighted by Gasteiger charge is -2.37. The smallest absolute Gasteiger partial charge is 0.326 e. The van der Waals surface area contributed by atoms with Crippen LogP contribution in [-0.2, 0) is 29.0 Å². The predicted octanol–water partition coefficient (Wildman–Crippen LogP) is 8.21. The largest absolute Gasteiger partial charge is 0.490 e. The number of carbonyl (C=O) groups is 3. The third-order valence-corrected chi connectivity index (χ3v) is 11.9. The highest BCUT2D eigenvalue weighted by molar-refractivity contribution is 5.98. The normalized spacial score (nSPS) is 20.4. The summed E-state index contributed by atoms with van der Waals surface area (Å²) in [6, 6.07) is 28.1. The van der Waals surface area contributed by atoms with Gasteiger partial charge in [0.2, 0.25) is 5.91 Å². The second-order valence-electron chi connectivity index (χ2n) is 15.9. The monoisotopic (exact) mass is 779 g/mol. The summed E-state index contributed by atoms with van der Waals surface area (Å²) in [5.74, 6) is 0.713. The Labute approximate surface area is 339 Å². The van der Waals surface area contributed by atoms with Crippen LogP contribution in [0.25, 0.3) is 11.1 Å². The molecule has 2 amide bonds. The number of hydrogen-bond donors (Lipinski definition) is 2. The first-order valence-corrected chi connectivity index (χ1v) is 20.2. The van der Waals surface area contributed by atoms with Gasteiger partial charge in [0, 0.05) is 36.8 Å². The van der Waals surface area contributed by atoms with Gasteiger partial charge in [0.05, 0.1) is 6.10 Å². The van der Waals surface area contributed by atoms with Crippen LogP contribution in [0.5, 0.6) is 17.2 Å². The van der Waals surface area contributed by atoms with Crippen molar-refractivity contribution >= 4 is 17.8 Å². The summed E-state index contributed by atoms with van der Waals surface area (Å²) in [6.45, 7) is 6.72. The summed E-state index contributed by atoms with van der Waals surface area (Å²) in [4.78, 5) is 46.7. The van der Waals surface area contributed by atoms with E-state index in [2.05, 4.69) is 17.2 Å². The standard InChI is InChI=1S/C48H49N3O7/c1-29-9-17-38(18-10-29)57-39-19-15-34(16-20-39)45-28-56-43-25-36-24-42(51(27-37(36)26-44(43)58-45)47(53)35-7-5-4-6-8-35)46(52)50-41(48(54)55)23-32-11-13-33(14-12-32)40-21-22-49-31(3)30(40)2/h4-8,11-16,19-22,25-26,29,38,41-42,45H,9-10,17-18,23-24,27-28H2,1-3H3,(H,50,52)(H,54,55)/t29-,38+,41-,42-,45+/m0/s1. The van der Waals surface area contributed by atoms with Crippen LogP contribution in [0.3, 0.4) is 0 Å². The molecule has 0 spiro atoms. The first-order valence-electron chi connectivity index (χ1n) is 20.2. The Bertz CT molecular complexity index is 2290. The van der Waals surface area contributed by atoms with Crippen molar-refractivity contribution < 1.29 is 33.7 Å². The van der Waals surface area contributed by atoms with Crippen LogP contribution in [0.15, 0.2) is 103 Å². The number of carboxylic acid groups (broad SMARTS) is 1. The van der Waals surface area contributed by atoms with Crippen molar-refractivity contribution in [2.45, 2.75) is 90.1 Å². The zero-order valence-corrected chi connectivity index (χ0v) is 33.1. The van der Waals surface area contributed by atoms with Crippen LogP contribution in [0.2, 0.25) is 0 Å². The number of aliphatic carboxylic acids is 1. The molecule has 2 N–H and O–H groups in total. The Hall–Kier alpha value is -6.16. The lowest BCUT2D eigenvalue weighted by atomic mass is 9.89. The maximum atomic E-state index is 14.2. The van der Waals surface area contributed by atoms with E-state index in [0.717, 1.165) is 69.1 Å². The number of pyridine rings is 1. The number of aromatic nitrogens is 1. The maximum absolute atomic E-state index is 14.2. The van der Waals surface area contributed by atoms with E-state index in [4.69, 9.17) is 14.2 Å². The molecule has 0 radical (unpaired) electrons. The van der Waals surface area contributed by atoms with Crippen molar-refractivity contribution in [3.05, 3.63) is 142 Å². The van der Waals surface area contributed by atoms with Gasteiger partial charge in [-0.2, -0.15) is 0 Å². The zero-order chi connectivity index (χ0) is 40.3. The molecule has 1 aromatic heterocycles. The van der Waals surface area contributed by atoms with E-state index < -0.39 is 24.0 Å². The highest BCUT2D eigenvalue weighted by Crippen LogP contribution is 2.41. The van der Waals surface area contributed by atoms with Crippen LogP contribution < -0.4 is 19.5 Å². The van der Waals surface area contributed by atoms with Gasteiger partial charge in [0.15, 0.2) is 17.6 Å². The first kappa shape index (κ1) is 38.7. The molecule has 10 nitrogen and oxygen atoms in total. The number of benzene rings is 4. The van der Waals surface area contributed by atoms with Crippen LogP contribution in [-0.4, -0.2) is 57.6 Å². The number of nitrogens with zero attached hydrogens (tertiary/aromatic N) is 2. The first-order chi connectivity index (χ1) is 28.1. The van der Waals surface area contributed by atoms with E-state index in [9.17, 15) is 19.5 Å². The van der Waals surface area contributed by atoms with Crippen molar-refractivity contribution in [2.24, 2.45) is 5.92 Å². The Balaban J connectivity index is 0.988. The second kappa shape index (κ2) is 16.7. The minimum absolute atomic E-state index is 0.0705. The van der Waals surface area contributed by atoms with Crippen molar-refractivity contribution in [3.63, 3.8) is 0 Å². The molecule has 8 rings (SSSR count). The molecule has 0 unspecified atom stereocenters. The molecule has 0 saturated heterocycles. The van der Waals surface area contributed by atoms with E-state index in [1.807, 2.05) is 86.6 Å². The number of aryl methyl sites for hydroxylation is 1. The average Bonchev–Trinajstić information content (AvgIpc) is 3.24. The molecule has 5 aromatic rings. The SMILES string of the molecule is Cc1nccc(-c2ccc(C[C@H](NC(=O)[C@@H]3Cc4cc5c(cc4CN3C(=O)c3ccccc3)O[C@@H](c3ccc(O[C@H]4CC[C@@H](C)CC4)cc3)CO5)C(=O)O)cc2)c1C. The maximum Gasteiger partial charge on any atom is 0.326 e. The molecule has 1 fully saturated rings. The molecule has 2 aliphatic heterocycles. The topological polar surface area (TPSA) is 127 Å². The van der Waals surface area contributed by atoms with Gasteiger partial charge in [-0.25, -0.2) is 4.79 Å². The lowest BCUT2D eigenvalue weighted by Crippen LogP contribution is -2.56. The number of nitrogens with one attached hydrogen (secondary N) is 1. The van der Waals surface area contributed by atoms with E-state index in [1.165, 1.54) is 17.7 Å². The van der Waals surface area contributed by atoms with Crippen LogP contribution >= 0.6 is 0 Å². The van der Waals surface area contributed by atoms with E-state index >= 15 is 0 Å². The third-order valence-electron chi connectivity index (χ3n) is 11.9. The molecular weight excluding hydrogens is 731 g/mol. The fraction of sp³-hybridized carbons (Fsp3) is 0.333. The summed E-state index contributed by atoms with van der Waals surface area (Å²) in [7, 11) is 0. The van der Waals surface area contributed by atoms with E-state index in [1.54, 1.807) is 30.5 Å². The van der Waals surface area contributed by atoms with Crippen LogP contribution in [0.4, 0.5) is 0 Å². The van der Waals surface area contributed by atoms with Gasteiger partial charge in [-0.1, -0.05) is 61.5 Å². The molecule has 298 valence electrons. The van der Waals surface area contributed by atoms with E-state index in [-0.39, 0.29) is 37.5 Å². The van der Waals surface area contributed by atoms with Gasteiger partial charge in [-0.05, 0) is 127 Å². The van der Waals surface area contributed by atoms with Gasteiger partial charge < -0.3 is 29.5 Å². The fourth-order valence-electron chi connectivity index (χ4n) is 8.29. The van der Waals surface area contributed by atoms with Gasteiger partial charge in [-0.3, -0.25) is 14.6 Å². The second-order valence-corrected chi connectivity index (χ2v) is 15.9. The third kappa shape index (κ3) is 8.42. The van der Waals surface area contributed by atoms with Gasteiger partial charge in [-0.15, -0.1) is 0 Å². The summed E-state index contributed by atoms with van der Waals surface area (Å²) in [6.07, 6.45) is 6.48. The summed E-state index contributed by atoms with van der Waals surface area (Å²) >= 11 is 0. The zero-order valence-electron chi connectivity index (χ0n) is 33.1. The van der Waals surface area contributed by atoms with Crippen LogP contribution in [0.1, 0.15) is 82.6 Å². The molecule has 4 aromatic carbocycles. The summed E-state index contributed by atoms with van der Waals surface area (Å²) < 4.78 is 19.0. The summed E-state index contributed by atoms with van der Waals surface area (Å²) in [5.41, 5.74) is 7.89. The minimum Gasteiger partial charge on any atom is -0.490 e. The molecule has 3 atom stereocenters. The Morgan fingerprint density at radius 2 is 1.62 bits per heavy atom. The predicted molar refractivity (Wildman–Crippen MR) is 220 cm³/mol. The fourth-order valence-corrected chi connectivity index (χ4v) is 8.29.